The van der Waals surface area contributed by atoms with Crippen molar-refractivity contribution in [2.24, 2.45) is 0 Å². The van der Waals surface area contributed by atoms with Crippen LogP contribution in [0.15, 0.2) is 30.5 Å². The van der Waals surface area contributed by atoms with Gasteiger partial charge in [0.05, 0.1) is 17.9 Å². The van der Waals surface area contributed by atoms with Crippen molar-refractivity contribution in [1.29, 1.82) is 0 Å². The summed E-state index contributed by atoms with van der Waals surface area (Å²) >= 11 is 0. The molecule has 0 unspecified atom stereocenters. The summed E-state index contributed by atoms with van der Waals surface area (Å²) in [6.07, 6.45) is 2.81. The molecule has 1 aliphatic heterocycles. The quantitative estimate of drug-likeness (QED) is 0.350. The van der Waals surface area contributed by atoms with Gasteiger partial charge in [0.15, 0.2) is 5.88 Å². The Morgan fingerprint density at radius 1 is 1.09 bits per heavy atom. The molecule has 2 aromatic heterocycles. The third-order valence-electron chi connectivity index (χ3n) is 7.83. The van der Waals surface area contributed by atoms with Gasteiger partial charge < -0.3 is 13.9 Å². The molecular formula is C28H40N4O2Si. The number of nitrogens with zero attached hydrogens (tertiary/aromatic N) is 4. The Morgan fingerprint density at radius 2 is 1.77 bits per heavy atom. The molecule has 0 spiro atoms. The Hall–Kier alpha value is -2.67. The van der Waals surface area contributed by atoms with Gasteiger partial charge >= 0.3 is 0 Å². The number of hydrogen-bond donors (Lipinski definition) is 0. The maximum atomic E-state index is 12.1. The Kier molecular flexibility index (Phi) is 7.09. The molecule has 0 saturated carbocycles. The normalized spacial score (nSPS) is 14.3. The number of aryl methyl sites for hydroxylation is 1. The minimum Gasteiger partial charge on any atom is -0.530 e. The van der Waals surface area contributed by atoms with Gasteiger partial charge in [-0.15, -0.1) is 0 Å². The number of fused-ring (bicyclic) bond motifs is 2. The first-order valence-corrected chi connectivity index (χ1v) is 15.2. The van der Waals surface area contributed by atoms with Crippen LogP contribution >= 0.6 is 0 Å². The van der Waals surface area contributed by atoms with Crippen molar-refractivity contribution in [3.05, 3.63) is 42.0 Å². The highest BCUT2D eigenvalue weighted by Gasteiger charge is 2.47. The lowest BCUT2D eigenvalue weighted by atomic mass is 10.0. The van der Waals surface area contributed by atoms with Crippen molar-refractivity contribution in [3.63, 3.8) is 0 Å². The van der Waals surface area contributed by atoms with Gasteiger partial charge in [-0.2, -0.15) is 0 Å². The number of benzene rings is 1. The fourth-order valence-electron chi connectivity index (χ4n) is 6.15. The Bertz CT molecular complexity index is 1210. The molecule has 1 aromatic carbocycles. The highest BCUT2D eigenvalue weighted by atomic mass is 28.4. The van der Waals surface area contributed by atoms with E-state index in [-0.39, 0.29) is 5.91 Å². The summed E-state index contributed by atoms with van der Waals surface area (Å²) in [5.74, 6) is 1.90. The second-order valence-corrected chi connectivity index (χ2v) is 16.1. The van der Waals surface area contributed by atoms with E-state index in [0.29, 0.717) is 23.2 Å². The summed E-state index contributed by atoms with van der Waals surface area (Å²) in [6.45, 7) is 19.7. The van der Waals surface area contributed by atoms with Crippen LogP contribution < -0.4 is 4.43 Å². The number of amides is 1. The van der Waals surface area contributed by atoms with E-state index in [2.05, 4.69) is 77.3 Å². The van der Waals surface area contributed by atoms with Crippen LogP contribution in [0.2, 0.25) is 16.6 Å². The lowest BCUT2D eigenvalue weighted by molar-refractivity contribution is -0.130. The number of carbonyl (C=O) groups is 1. The molecule has 0 bridgehead atoms. The molecule has 35 heavy (non-hydrogen) atoms. The largest absolute Gasteiger partial charge is 0.530 e. The molecule has 3 aromatic rings. The van der Waals surface area contributed by atoms with Crippen LogP contribution in [0.1, 0.15) is 66.9 Å². The lowest BCUT2D eigenvalue weighted by Gasteiger charge is -2.41. The standard InChI is InChI=1S/C28H40N4O2Si/c1-9-26-30-28(25-17-31(21(8)33)13-14-32(25)26)23-12-10-11-22-15-27(29-16-24(22)23)34-35(18(2)3,19(4)5)20(6)7/h10-12,15-16,18-20H,9,13-14,17H2,1-8H3. The molecule has 188 valence electrons. The van der Waals surface area contributed by atoms with E-state index in [0.717, 1.165) is 58.9 Å². The highest BCUT2D eigenvalue weighted by molar-refractivity contribution is 6.78. The van der Waals surface area contributed by atoms with E-state index >= 15 is 0 Å². The van der Waals surface area contributed by atoms with Crippen molar-refractivity contribution in [2.75, 3.05) is 6.54 Å². The lowest BCUT2D eigenvalue weighted by Crippen LogP contribution is -2.50. The van der Waals surface area contributed by atoms with E-state index in [1.807, 2.05) is 11.1 Å². The first kappa shape index (κ1) is 25.4. The van der Waals surface area contributed by atoms with Gasteiger partial charge in [-0.1, -0.05) is 66.7 Å². The third-order valence-corrected chi connectivity index (χ3v) is 13.8. The van der Waals surface area contributed by atoms with Gasteiger partial charge in [0.25, 0.3) is 8.32 Å². The minimum absolute atomic E-state index is 0.107. The van der Waals surface area contributed by atoms with Crippen LogP contribution in [0.3, 0.4) is 0 Å². The minimum atomic E-state index is -2.09. The number of hydrogen-bond acceptors (Lipinski definition) is 4. The fourth-order valence-corrected chi connectivity index (χ4v) is 11.3. The summed E-state index contributed by atoms with van der Waals surface area (Å²) < 4.78 is 9.15. The van der Waals surface area contributed by atoms with Crippen LogP contribution in [0, 0.1) is 0 Å². The second kappa shape index (κ2) is 9.76. The molecule has 0 aliphatic carbocycles. The molecule has 0 atom stereocenters. The third kappa shape index (κ3) is 4.39. The Morgan fingerprint density at radius 3 is 2.37 bits per heavy atom. The Balaban J connectivity index is 1.79. The predicted molar refractivity (Wildman–Crippen MR) is 145 cm³/mol. The van der Waals surface area contributed by atoms with Gasteiger partial charge in [0.2, 0.25) is 5.91 Å². The zero-order valence-electron chi connectivity index (χ0n) is 22.6. The Labute approximate surface area is 210 Å². The molecule has 4 rings (SSSR count). The number of aromatic nitrogens is 3. The molecule has 0 fully saturated rings. The highest BCUT2D eigenvalue weighted by Crippen LogP contribution is 2.43. The summed E-state index contributed by atoms with van der Waals surface area (Å²) in [5, 5.41) is 2.17. The second-order valence-electron chi connectivity index (χ2n) is 10.7. The van der Waals surface area contributed by atoms with E-state index in [9.17, 15) is 4.79 Å². The molecule has 1 aliphatic rings. The van der Waals surface area contributed by atoms with Crippen LogP contribution in [0.25, 0.3) is 22.0 Å². The average Bonchev–Trinajstić information content (AvgIpc) is 3.19. The van der Waals surface area contributed by atoms with Gasteiger partial charge in [0.1, 0.15) is 5.82 Å². The topological polar surface area (TPSA) is 60.3 Å². The van der Waals surface area contributed by atoms with Crippen LogP contribution in [0.4, 0.5) is 0 Å². The maximum Gasteiger partial charge on any atom is 0.260 e. The van der Waals surface area contributed by atoms with E-state index in [4.69, 9.17) is 14.4 Å². The van der Waals surface area contributed by atoms with Crippen molar-refractivity contribution >= 4 is 25.0 Å². The summed E-state index contributed by atoms with van der Waals surface area (Å²) in [4.78, 5) is 23.9. The summed E-state index contributed by atoms with van der Waals surface area (Å²) in [5.41, 5.74) is 4.60. The summed E-state index contributed by atoms with van der Waals surface area (Å²) in [6, 6.07) is 8.43. The van der Waals surface area contributed by atoms with Crippen molar-refractivity contribution in [1.82, 2.24) is 19.4 Å². The van der Waals surface area contributed by atoms with Gasteiger partial charge in [-0.3, -0.25) is 4.79 Å². The maximum absolute atomic E-state index is 12.1. The predicted octanol–water partition coefficient (Wildman–Crippen LogP) is 6.58. The van der Waals surface area contributed by atoms with Crippen LogP contribution in [-0.2, 0) is 24.3 Å². The van der Waals surface area contributed by atoms with E-state index in [1.54, 1.807) is 6.92 Å². The number of rotatable bonds is 7. The first-order valence-electron chi connectivity index (χ1n) is 13.0. The fraction of sp³-hybridized carbons (Fsp3) is 0.536. The molecular weight excluding hydrogens is 452 g/mol. The molecule has 6 nitrogen and oxygen atoms in total. The average molecular weight is 493 g/mol. The van der Waals surface area contributed by atoms with Crippen molar-refractivity contribution in [3.8, 4) is 17.1 Å². The molecule has 0 saturated heterocycles. The number of carbonyl (C=O) groups excluding carboxylic acids is 1. The number of imidazole rings is 1. The van der Waals surface area contributed by atoms with Crippen molar-refractivity contribution < 1.29 is 9.22 Å². The molecule has 7 heteroatoms. The van der Waals surface area contributed by atoms with Crippen LogP contribution in [-0.4, -0.2) is 40.2 Å². The zero-order valence-corrected chi connectivity index (χ0v) is 23.6. The zero-order chi connectivity index (χ0) is 25.5. The summed E-state index contributed by atoms with van der Waals surface area (Å²) in [7, 11) is -2.09. The molecule has 1 amide bonds. The smallest absolute Gasteiger partial charge is 0.260 e. The first-order chi connectivity index (χ1) is 16.6. The molecule has 0 radical (unpaired) electrons. The number of pyridine rings is 1. The molecule has 0 N–H and O–H groups in total. The van der Waals surface area contributed by atoms with Gasteiger partial charge in [-0.25, -0.2) is 9.97 Å². The molecule has 3 heterocycles. The van der Waals surface area contributed by atoms with E-state index < -0.39 is 8.32 Å². The van der Waals surface area contributed by atoms with Crippen LogP contribution in [0.5, 0.6) is 5.88 Å². The van der Waals surface area contributed by atoms with Crippen molar-refractivity contribution in [2.45, 2.75) is 91.5 Å². The van der Waals surface area contributed by atoms with E-state index in [1.165, 1.54) is 0 Å². The van der Waals surface area contributed by atoms with Gasteiger partial charge in [-0.05, 0) is 22.0 Å². The SMILES string of the molecule is CCc1nc(-c2cccc3cc(O[Si](C(C)C)(C(C)C)C(C)C)ncc23)c2n1CCN(C(C)=O)C2. The van der Waals surface area contributed by atoms with Gasteiger partial charge in [0, 0.05) is 49.6 Å². The monoisotopic (exact) mass is 492 g/mol.